The molecule has 0 saturated carbocycles. The van der Waals surface area contributed by atoms with Crippen molar-refractivity contribution in [3.05, 3.63) is 65.9 Å². The van der Waals surface area contributed by atoms with E-state index in [-0.39, 0.29) is 0 Å². The highest BCUT2D eigenvalue weighted by Crippen LogP contribution is 2.31. The molecule has 0 bridgehead atoms. The zero-order valence-electron chi connectivity index (χ0n) is 21.6. The molecule has 1 heterocycles. The van der Waals surface area contributed by atoms with Crippen LogP contribution in [0, 0.1) is 13.8 Å². The zero-order valence-corrected chi connectivity index (χ0v) is 20.4. The van der Waals surface area contributed by atoms with E-state index in [1.807, 2.05) is 35.6 Å². The minimum atomic E-state index is -2.12. The van der Waals surface area contributed by atoms with Crippen LogP contribution < -0.4 is 9.75 Å². The topological polar surface area (TPSA) is 3.88 Å². The van der Waals surface area contributed by atoms with Crippen LogP contribution in [0.15, 0.2) is 59.6 Å². The smallest absolute Gasteiger partial charge is 0.201 e. The standard InChI is InChI=1S/C26H34NSSi/c1-18(2)28-22-11-9-21(10-12-22)24-17-23(20(4)16-26(24)29(6,7)8)25-15-19(3)13-14-27(25)5/h9-18H,1-8H3/q+1/i3D3. The number of aromatic nitrogens is 1. The lowest BCUT2D eigenvalue weighted by Crippen LogP contribution is -2.39. The second-order valence-corrected chi connectivity index (χ2v) is 15.8. The highest BCUT2D eigenvalue weighted by molar-refractivity contribution is 7.99. The van der Waals surface area contributed by atoms with Gasteiger partial charge in [0.1, 0.15) is 7.05 Å². The molecule has 0 saturated heterocycles. The van der Waals surface area contributed by atoms with Gasteiger partial charge in [-0.3, -0.25) is 0 Å². The number of benzene rings is 2. The maximum atomic E-state index is 7.85. The Morgan fingerprint density at radius 2 is 1.66 bits per heavy atom. The fourth-order valence-electron chi connectivity index (χ4n) is 3.67. The van der Waals surface area contributed by atoms with Crippen molar-refractivity contribution in [3.63, 3.8) is 0 Å². The van der Waals surface area contributed by atoms with Gasteiger partial charge in [0.25, 0.3) is 0 Å². The summed E-state index contributed by atoms with van der Waals surface area (Å²) < 4.78 is 25.5. The summed E-state index contributed by atoms with van der Waals surface area (Å²) in [6.07, 6.45) is 1.85. The molecule has 0 unspecified atom stereocenters. The van der Waals surface area contributed by atoms with E-state index >= 15 is 0 Å². The molecule has 0 aliphatic rings. The Labute approximate surface area is 186 Å². The van der Waals surface area contributed by atoms with Gasteiger partial charge in [-0.15, -0.1) is 11.8 Å². The van der Waals surface area contributed by atoms with Crippen LogP contribution in [0.4, 0.5) is 0 Å². The van der Waals surface area contributed by atoms with Gasteiger partial charge in [0.2, 0.25) is 5.69 Å². The first-order valence-electron chi connectivity index (χ1n) is 11.7. The van der Waals surface area contributed by atoms with Crippen LogP contribution in [0.1, 0.15) is 29.1 Å². The quantitative estimate of drug-likeness (QED) is 0.257. The van der Waals surface area contributed by atoms with Crippen molar-refractivity contribution < 1.29 is 8.68 Å². The predicted octanol–water partition coefficient (Wildman–Crippen LogP) is 6.51. The zero-order chi connectivity index (χ0) is 23.8. The molecule has 0 aliphatic carbocycles. The number of pyridine rings is 1. The summed E-state index contributed by atoms with van der Waals surface area (Å²) in [7, 11) is 0.362. The summed E-state index contributed by atoms with van der Waals surface area (Å²) in [5.41, 5.74) is 6.02. The second kappa shape index (κ2) is 8.49. The van der Waals surface area contributed by atoms with E-state index in [1.165, 1.54) is 26.8 Å². The molecular weight excluding hydrogens is 386 g/mol. The van der Waals surface area contributed by atoms with Crippen molar-refractivity contribution in [3.8, 4) is 22.4 Å². The summed E-state index contributed by atoms with van der Waals surface area (Å²) in [4.78, 5) is 1.28. The summed E-state index contributed by atoms with van der Waals surface area (Å²) in [6.45, 7) is 11.6. The summed E-state index contributed by atoms with van der Waals surface area (Å²) in [6, 6.07) is 17.0. The van der Waals surface area contributed by atoms with Crippen molar-refractivity contribution in [2.24, 2.45) is 7.05 Å². The van der Waals surface area contributed by atoms with E-state index in [0.717, 1.165) is 11.3 Å². The van der Waals surface area contributed by atoms with Gasteiger partial charge < -0.3 is 0 Å². The first kappa shape index (κ1) is 18.0. The van der Waals surface area contributed by atoms with Crippen LogP contribution in [-0.2, 0) is 7.05 Å². The van der Waals surface area contributed by atoms with Gasteiger partial charge in [0.15, 0.2) is 6.20 Å². The molecule has 1 aromatic heterocycles. The molecule has 0 fully saturated rings. The van der Waals surface area contributed by atoms with Crippen molar-refractivity contribution in [2.45, 2.75) is 57.4 Å². The summed E-state index contributed by atoms with van der Waals surface area (Å²) >= 11 is 1.87. The number of thioether (sulfide) groups is 1. The lowest BCUT2D eigenvalue weighted by atomic mass is 9.96. The lowest BCUT2D eigenvalue weighted by molar-refractivity contribution is -0.660. The van der Waals surface area contributed by atoms with Gasteiger partial charge in [-0.1, -0.05) is 56.9 Å². The Morgan fingerprint density at radius 3 is 2.24 bits per heavy atom. The van der Waals surface area contributed by atoms with E-state index in [2.05, 4.69) is 76.8 Å². The highest BCUT2D eigenvalue weighted by Gasteiger charge is 2.24. The highest BCUT2D eigenvalue weighted by atomic mass is 32.2. The minimum absolute atomic E-state index is 0.371. The van der Waals surface area contributed by atoms with Gasteiger partial charge in [-0.2, -0.15) is 0 Å². The van der Waals surface area contributed by atoms with Gasteiger partial charge in [-0.25, -0.2) is 4.57 Å². The van der Waals surface area contributed by atoms with Gasteiger partial charge in [-0.05, 0) is 54.2 Å². The first-order chi connectivity index (χ1) is 14.8. The van der Waals surface area contributed by atoms with Crippen molar-refractivity contribution in [2.75, 3.05) is 0 Å². The molecule has 3 aromatic rings. The summed E-state index contributed by atoms with van der Waals surface area (Å²) in [5, 5.41) is 1.98. The molecule has 29 heavy (non-hydrogen) atoms. The van der Waals surface area contributed by atoms with Gasteiger partial charge in [0.05, 0.1) is 8.07 Å². The Hall–Kier alpha value is -1.84. The molecular formula is C26H34NSSi+. The molecule has 2 aromatic carbocycles. The van der Waals surface area contributed by atoms with Crippen molar-refractivity contribution in [1.82, 2.24) is 0 Å². The SMILES string of the molecule is [2H]C([2H])([2H])c1cc[n+](C)c(-c2cc(-c3ccc(SC(C)C)cc3)c([Si](C)(C)C)cc2C)c1. The predicted molar refractivity (Wildman–Crippen MR) is 132 cm³/mol. The fraction of sp³-hybridized carbons (Fsp3) is 0.346. The maximum absolute atomic E-state index is 7.85. The largest absolute Gasteiger partial charge is 0.212 e. The lowest BCUT2D eigenvalue weighted by Gasteiger charge is -2.23. The van der Waals surface area contributed by atoms with Gasteiger partial charge >= 0.3 is 0 Å². The van der Waals surface area contributed by atoms with E-state index < -0.39 is 14.9 Å². The molecule has 0 N–H and O–H groups in total. The van der Waals surface area contributed by atoms with E-state index in [1.54, 1.807) is 6.07 Å². The Morgan fingerprint density at radius 1 is 0.966 bits per heavy atom. The van der Waals surface area contributed by atoms with Crippen LogP contribution in [0.3, 0.4) is 0 Å². The number of hydrogen-bond donors (Lipinski definition) is 0. The Balaban J connectivity index is 2.22. The normalized spacial score (nSPS) is 13.9. The third-order valence-corrected chi connectivity index (χ3v) is 8.18. The number of aryl methyl sites for hydroxylation is 3. The molecule has 0 spiro atoms. The third-order valence-electron chi connectivity index (χ3n) is 5.14. The molecule has 152 valence electrons. The number of hydrogen-bond acceptors (Lipinski definition) is 1. The number of nitrogens with zero attached hydrogens (tertiary/aromatic N) is 1. The monoisotopic (exact) mass is 423 g/mol. The van der Waals surface area contributed by atoms with Crippen molar-refractivity contribution in [1.29, 1.82) is 0 Å². The maximum Gasteiger partial charge on any atom is 0.212 e. The second-order valence-electron chi connectivity index (χ2n) is 9.07. The fourth-order valence-corrected chi connectivity index (χ4v) is 6.18. The van der Waals surface area contributed by atoms with Gasteiger partial charge in [0, 0.05) is 32.0 Å². The van der Waals surface area contributed by atoms with Crippen LogP contribution in [0.5, 0.6) is 0 Å². The average Bonchev–Trinajstić information content (AvgIpc) is 2.67. The van der Waals surface area contributed by atoms with E-state index in [0.29, 0.717) is 10.8 Å². The number of rotatable bonds is 5. The summed E-state index contributed by atoms with van der Waals surface area (Å²) in [5.74, 6) is 0. The Kier molecular flexibility index (Phi) is 5.26. The Bertz CT molecular complexity index is 1110. The van der Waals surface area contributed by atoms with Crippen LogP contribution in [0.25, 0.3) is 22.4 Å². The molecule has 0 aliphatic heterocycles. The van der Waals surface area contributed by atoms with E-state index in [9.17, 15) is 0 Å². The molecule has 0 atom stereocenters. The minimum Gasteiger partial charge on any atom is -0.201 e. The molecule has 0 radical (unpaired) electrons. The van der Waals surface area contributed by atoms with Crippen molar-refractivity contribution >= 4 is 25.0 Å². The van der Waals surface area contributed by atoms with Crippen LogP contribution in [-0.4, -0.2) is 13.3 Å². The van der Waals surface area contributed by atoms with Crippen LogP contribution >= 0.6 is 11.8 Å². The molecule has 3 heteroatoms. The van der Waals surface area contributed by atoms with Crippen LogP contribution in [0.2, 0.25) is 19.6 Å². The third kappa shape index (κ3) is 5.02. The first-order valence-corrected chi connectivity index (χ1v) is 14.6. The molecule has 0 amide bonds. The molecule has 3 rings (SSSR count). The molecule has 1 nitrogen and oxygen atoms in total. The van der Waals surface area contributed by atoms with E-state index in [4.69, 9.17) is 4.11 Å². The average molecular weight is 424 g/mol.